The van der Waals surface area contributed by atoms with Gasteiger partial charge in [-0.15, -0.1) is 0 Å². The van der Waals surface area contributed by atoms with E-state index in [2.05, 4.69) is 15.4 Å². The molecule has 128 valence electrons. The van der Waals surface area contributed by atoms with Gasteiger partial charge in [-0.05, 0) is 43.4 Å². The highest BCUT2D eigenvalue weighted by molar-refractivity contribution is 6.32. The molecule has 5 nitrogen and oxygen atoms in total. The highest BCUT2D eigenvalue weighted by Crippen LogP contribution is 2.29. The minimum atomic E-state index is -2.96. The lowest BCUT2D eigenvalue weighted by Crippen LogP contribution is -2.35. The largest absolute Gasteiger partial charge is 0.433 e. The lowest BCUT2D eigenvalue weighted by Gasteiger charge is -2.25. The van der Waals surface area contributed by atoms with Crippen molar-refractivity contribution in [2.45, 2.75) is 38.4 Å². The number of benzene rings is 1. The number of hydrogen-bond acceptors (Lipinski definition) is 3. The number of hydrogen-bond donors (Lipinski definition) is 3. The summed E-state index contributed by atoms with van der Waals surface area (Å²) in [6, 6.07) is 3.61. The molecule has 2 amide bonds. The highest BCUT2D eigenvalue weighted by Gasteiger charge is 2.20. The van der Waals surface area contributed by atoms with Crippen molar-refractivity contribution in [2.75, 3.05) is 11.9 Å². The Balaban J connectivity index is 1.81. The minimum Gasteiger partial charge on any atom is -0.433 e. The number of aliphatic hydroxyl groups excluding tert-OH is 1. The maximum atomic E-state index is 12.1. The van der Waals surface area contributed by atoms with Crippen molar-refractivity contribution in [3.63, 3.8) is 0 Å². The zero-order chi connectivity index (χ0) is 16.8. The molecule has 1 saturated carbocycles. The summed E-state index contributed by atoms with van der Waals surface area (Å²) in [5.74, 6) is 0.110. The summed E-state index contributed by atoms with van der Waals surface area (Å²) in [5, 5.41) is 14.9. The van der Waals surface area contributed by atoms with Gasteiger partial charge in [0.25, 0.3) is 0 Å². The van der Waals surface area contributed by atoms with E-state index in [1.807, 2.05) is 0 Å². The number of nitrogens with one attached hydrogen (secondary N) is 2. The van der Waals surface area contributed by atoms with Gasteiger partial charge >= 0.3 is 12.6 Å². The molecule has 0 aliphatic heterocycles. The SMILES string of the molecule is O=C(NCC1CCCC(O)C1)Nc1ccc(OC(F)F)c(Cl)c1. The second-order valence-corrected chi connectivity index (χ2v) is 5.95. The fraction of sp³-hybridized carbons (Fsp3) is 0.533. The molecule has 1 aliphatic carbocycles. The zero-order valence-corrected chi connectivity index (χ0v) is 13.2. The normalized spacial score (nSPS) is 21.1. The Morgan fingerprint density at radius 1 is 1.43 bits per heavy atom. The van der Waals surface area contributed by atoms with Crippen LogP contribution in [-0.4, -0.2) is 30.4 Å². The molecule has 0 bridgehead atoms. The van der Waals surface area contributed by atoms with Crippen LogP contribution < -0.4 is 15.4 Å². The van der Waals surface area contributed by atoms with Crippen LogP contribution in [-0.2, 0) is 0 Å². The van der Waals surface area contributed by atoms with Gasteiger partial charge in [0.15, 0.2) is 0 Å². The van der Waals surface area contributed by atoms with Crippen LogP contribution in [0.15, 0.2) is 18.2 Å². The number of anilines is 1. The molecule has 2 unspecified atom stereocenters. The average molecular weight is 349 g/mol. The van der Waals surface area contributed by atoms with Crippen LogP contribution in [0.2, 0.25) is 5.02 Å². The van der Waals surface area contributed by atoms with Gasteiger partial charge in [-0.1, -0.05) is 18.0 Å². The molecule has 0 saturated heterocycles. The van der Waals surface area contributed by atoms with Crippen LogP contribution in [0, 0.1) is 5.92 Å². The molecule has 1 aliphatic rings. The van der Waals surface area contributed by atoms with E-state index in [-0.39, 0.29) is 22.8 Å². The molecule has 0 aromatic heterocycles. The van der Waals surface area contributed by atoms with E-state index in [0.29, 0.717) is 18.7 Å². The fourth-order valence-corrected chi connectivity index (χ4v) is 2.86. The van der Waals surface area contributed by atoms with Crippen LogP contribution in [0.4, 0.5) is 19.3 Å². The van der Waals surface area contributed by atoms with E-state index in [4.69, 9.17) is 11.6 Å². The van der Waals surface area contributed by atoms with Crippen molar-refractivity contribution in [3.8, 4) is 5.75 Å². The number of halogens is 3. The first-order chi connectivity index (χ1) is 10.9. The van der Waals surface area contributed by atoms with Crippen LogP contribution in [0.3, 0.4) is 0 Å². The predicted octanol–water partition coefficient (Wildman–Crippen LogP) is 3.61. The summed E-state index contributed by atoms with van der Waals surface area (Å²) < 4.78 is 28.5. The highest BCUT2D eigenvalue weighted by atomic mass is 35.5. The Morgan fingerprint density at radius 2 is 2.22 bits per heavy atom. The van der Waals surface area contributed by atoms with Gasteiger partial charge < -0.3 is 20.5 Å². The molecular weight excluding hydrogens is 330 g/mol. The summed E-state index contributed by atoms with van der Waals surface area (Å²) in [7, 11) is 0. The van der Waals surface area contributed by atoms with Crippen molar-refractivity contribution >= 4 is 23.3 Å². The third-order valence-electron chi connectivity index (χ3n) is 3.71. The van der Waals surface area contributed by atoms with Crippen LogP contribution in [0.1, 0.15) is 25.7 Å². The molecular formula is C15H19ClF2N2O3. The first-order valence-electron chi connectivity index (χ1n) is 7.41. The van der Waals surface area contributed by atoms with Gasteiger partial charge in [0.1, 0.15) is 5.75 Å². The molecule has 23 heavy (non-hydrogen) atoms. The monoisotopic (exact) mass is 348 g/mol. The molecule has 8 heteroatoms. The van der Waals surface area contributed by atoms with E-state index in [1.54, 1.807) is 0 Å². The number of urea groups is 1. The first-order valence-corrected chi connectivity index (χ1v) is 7.79. The lowest BCUT2D eigenvalue weighted by atomic mass is 9.87. The maximum absolute atomic E-state index is 12.1. The maximum Gasteiger partial charge on any atom is 0.387 e. The van der Waals surface area contributed by atoms with Gasteiger partial charge in [-0.3, -0.25) is 0 Å². The lowest BCUT2D eigenvalue weighted by molar-refractivity contribution is -0.0497. The quantitative estimate of drug-likeness (QED) is 0.761. The van der Waals surface area contributed by atoms with Crippen molar-refractivity contribution in [2.24, 2.45) is 5.92 Å². The summed E-state index contributed by atoms with van der Waals surface area (Å²) in [6.45, 7) is -2.48. The number of carbonyl (C=O) groups is 1. The smallest absolute Gasteiger partial charge is 0.387 e. The molecule has 2 atom stereocenters. The molecule has 0 heterocycles. The fourth-order valence-electron chi connectivity index (χ4n) is 2.63. The predicted molar refractivity (Wildman–Crippen MR) is 83.1 cm³/mol. The molecule has 0 radical (unpaired) electrons. The first kappa shape index (κ1) is 17.7. The van der Waals surface area contributed by atoms with E-state index >= 15 is 0 Å². The average Bonchev–Trinajstić information content (AvgIpc) is 2.48. The number of alkyl halides is 2. The molecule has 1 aromatic carbocycles. The summed E-state index contributed by atoms with van der Waals surface area (Å²) in [4.78, 5) is 11.8. The van der Waals surface area contributed by atoms with Crippen molar-refractivity contribution < 1.29 is 23.4 Å². The topological polar surface area (TPSA) is 70.6 Å². The molecule has 2 rings (SSSR count). The number of aliphatic hydroxyl groups is 1. The van der Waals surface area contributed by atoms with E-state index in [1.165, 1.54) is 18.2 Å². The Morgan fingerprint density at radius 3 is 2.87 bits per heavy atom. The number of amides is 2. The van der Waals surface area contributed by atoms with Gasteiger partial charge in [-0.2, -0.15) is 8.78 Å². The Hall–Kier alpha value is -1.60. The Kier molecular flexibility index (Phi) is 6.41. The second-order valence-electron chi connectivity index (χ2n) is 5.55. The molecule has 1 fully saturated rings. The number of ether oxygens (including phenoxy) is 1. The van der Waals surface area contributed by atoms with Crippen molar-refractivity contribution in [3.05, 3.63) is 23.2 Å². The van der Waals surface area contributed by atoms with Crippen molar-refractivity contribution in [1.82, 2.24) is 5.32 Å². The van der Waals surface area contributed by atoms with Gasteiger partial charge in [-0.25, -0.2) is 4.79 Å². The minimum absolute atomic E-state index is 0.0153. The second kappa shape index (κ2) is 8.31. The summed E-state index contributed by atoms with van der Waals surface area (Å²) in [5.41, 5.74) is 0.373. The van der Waals surface area contributed by atoms with E-state index in [0.717, 1.165) is 19.3 Å². The van der Waals surface area contributed by atoms with Crippen LogP contribution in [0.5, 0.6) is 5.75 Å². The molecule has 1 aromatic rings. The van der Waals surface area contributed by atoms with Crippen LogP contribution >= 0.6 is 11.6 Å². The van der Waals surface area contributed by atoms with Crippen molar-refractivity contribution in [1.29, 1.82) is 0 Å². The third kappa shape index (κ3) is 5.84. The standard InChI is InChI=1S/C15H19ClF2N2O3/c16-12-7-10(4-5-13(12)23-14(17)18)20-15(22)19-8-9-2-1-3-11(21)6-9/h4-5,7,9,11,14,21H,1-3,6,8H2,(H2,19,20,22). The number of carbonyl (C=O) groups excluding carboxylic acids is 1. The zero-order valence-electron chi connectivity index (χ0n) is 12.4. The Bertz CT molecular complexity index is 545. The molecule has 0 spiro atoms. The van der Waals surface area contributed by atoms with Gasteiger partial charge in [0, 0.05) is 12.2 Å². The van der Waals surface area contributed by atoms with Crippen LogP contribution in [0.25, 0.3) is 0 Å². The molecule has 3 N–H and O–H groups in total. The number of rotatable bonds is 5. The van der Waals surface area contributed by atoms with E-state index in [9.17, 15) is 18.7 Å². The third-order valence-corrected chi connectivity index (χ3v) is 4.01. The van der Waals surface area contributed by atoms with E-state index < -0.39 is 12.6 Å². The summed E-state index contributed by atoms with van der Waals surface area (Å²) in [6.07, 6.45) is 3.14. The Labute approximate surface area is 138 Å². The summed E-state index contributed by atoms with van der Waals surface area (Å²) >= 11 is 5.81. The van der Waals surface area contributed by atoms with Gasteiger partial charge in [0.2, 0.25) is 0 Å². The van der Waals surface area contributed by atoms with Gasteiger partial charge in [0.05, 0.1) is 11.1 Å².